The first-order valence-electron chi connectivity index (χ1n) is 6.27. The third kappa shape index (κ3) is 1.79. The van der Waals surface area contributed by atoms with Crippen LogP contribution in [0.4, 0.5) is 5.69 Å². The Balaban J connectivity index is 2.01. The molecule has 0 spiro atoms. The van der Waals surface area contributed by atoms with Gasteiger partial charge in [-0.1, -0.05) is 13.8 Å². The van der Waals surface area contributed by atoms with Crippen LogP contribution in [0.3, 0.4) is 0 Å². The number of nitrogens with zero attached hydrogens (tertiary/aromatic N) is 2. The van der Waals surface area contributed by atoms with Gasteiger partial charge in [-0.2, -0.15) is 0 Å². The van der Waals surface area contributed by atoms with Gasteiger partial charge in [-0.25, -0.2) is 4.98 Å². The molecule has 1 aliphatic rings. The molecule has 1 unspecified atom stereocenters. The van der Waals surface area contributed by atoms with E-state index in [0.717, 1.165) is 11.2 Å². The SMILES string of the molecule is CC1(C)CCC(n2cnc3cc(N)ccc32)C1. The molecular weight excluding hydrogens is 210 g/mol. The maximum absolute atomic E-state index is 5.78. The van der Waals surface area contributed by atoms with Gasteiger partial charge < -0.3 is 10.3 Å². The minimum absolute atomic E-state index is 0.467. The smallest absolute Gasteiger partial charge is 0.0960 e. The molecule has 1 saturated carbocycles. The summed E-state index contributed by atoms with van der Waals surface area (Å²) in [6, 6.07) is 6.59. The monoisotopic (exact) mass is 229 g/mol. The summed E-state index contributed by atoms with van der Waals surface area (Å²) >= 11 is 0. The average Bonchev–Trinajstić information content (AvgIpc) is 2.80. The second-order valence-electron chi connectivity index (χ2n) is 5.96. The van der Waals surface area contributed by atoms with Gasteiger partial charge in [0.2, 0.25) is 0 Å². The molecule has 1 aromatic carbocycles. The highest BCUT2D eigenvalue weighted by molar-refractivity contribution is 5.79. The number of anilines is 1. The number of nitrogens with two attached hydrogens (primary N) is 1. The highest BCUT2D eigenvalue weighted by Crippen LogP contribution is 2.44. The fourth-order valence-corrected chi connectivity index (χ4v) is 2.98. The molecule has 0 amide bonds. The van der Waals surface area contributed by atoms with E-state index in [0.29, 0.717) is 11.5 Å². The van der Waals surface area contributed by atoms with E-state index >= 15 is 0 Å². The average molecular weight is 229 g/mol. The normalized spacial score (nSPS) is 23.3. The lowest BCUT2D eigenvalue weighted by Gasteiger charge is -2.18. The van der Waals surface area contributed by atoms with Crippen LogP contribution in [0.1, 0.15) is 39.2 Å². The summed E-state index contributed by atoms with van der Waals surface area (Å²) in [5.41, 5.74) is 9.25. The number of hydrogen-bond acceptors (Lipinski definition) is 2. The molecule has 3 heteroatoms. The summed E-state index contributed by atoms with van der Waals surface area (Å²) < 4.78 is 2.32. The van der Waals surface area contributed by atoms with Gasteiger partial charge in [0, 0.05) is 11.7 Å². The Morgan fingerprint density at radius 2 is 2.24 bits per heavy atom. The molecule has 2 N–H and O–H groups in total. The summed E-state index contributed by atoms with van der Waals surface area (Å²) in [4.78, 5) is 4.45. The predicted octanol–water partition coefficient (Wildman–Crippen LogP) is 3.37. The minimum Gasteiger partial charge on any atom is -0.399 e. The van der Waals surface area contributed by atoms with Crippen LogP contribution in [0.2, 0.25) is 0 Å². The molecule has 1 aliphatic carbocycles. The van der Waals surface area contributed by atoms with Crippen LogP contribution in [0.25, 0.3) is 11.0 Å². The Bertz CT molecular complexity index is 554. The Morgan fingerprint density at radius 3 is 2.94 bits per heavy atom. The number of rotatable bonds is 1. The quantitative estimate of drug-likeness (QED) is 0.762. The van der Waals surface area contributed by atoms with Crippen LogP contribution in [0, 0.1) is 5.41 Å². The predicted molar refractivity (Wildman–Crippen MR) is 70.8 cm³/mol. The standard InChI is InChI=1S/C14H19N3/c1-14(2)6-5-11(8-14)17-9-16-12-7-10(15)3-4-13(12)17/h3-4,7,9,11H,5-6,8,15H2,1-2H3. The minimum atomic E-state index is 0.467. The van der Waals surface area contributed by atoms with Gasteiger partial charge in [-0.05, 0) is 42.9 Å². The lowest BCUT2D eigenvalue weighted by molar-refractivity contribution is 0.360. The molecule has 0 aliphatic heterocycles. The first-order chi connectivity index (χ1) is 8.05. The summed E-state index contributed by atoms with van der Waals surface area (Å²) in [7, 11) is 0. The molecule has 90 valence electrons. The van der Waals surface area contributed by atoms with Gasteiger partial charge in [-0.15, -0.1) is 0 Å². The fourth-order valence-electron chi connectivity index (χ4n) is 2.98. The van der Waals surface area contributed by atoms with Crippen LogP contribution in [0.5, 0.6) is 0 Å². The van der Waals surface area contributed by atoms with Crippen LogP contribution in [-0.2, 0) is 0 Å². The number of benzene rings is 1. The summed E-state index contributed by atoms with van der Waals surface area (Å²) in [5.74, 6) is 0. The van der Waals surface area contributed by atoms with Crippen molar-refractivity contribution < 1.29 is 0 Å². The highest BCUT2D eigenvalue weighted by atomic mass is 15.1. The molecule has 0 bridgehead atoms. The Labute approximate surface area is 102 Å². The zero-order valence-corrected chi connectivity index (χ0v) is 10.5. The fraction of sp³-hybridized carbons (Fsp3) is 0.500. The van der Waals surface area contributed by atoms with Gasteiger partial charge in [0.05, 0.1) is 17.4 Å². The number of nitrogen functional groups attached to an aromatic ring is 1. The van der Waals surface area contributed by atoms with Gasteiger partial charge >= 0.3 is 0 Å². The van der Waals surface area contributed by atoms with E-state index in [9.17, 15) is 0 Å². The Morgan fingerprint density at radius 1 is 1.41 bits per heavy atom. The molecule has 2 aromatic rings. The van der Waals surface area contributed by atoms with Gasteiger partial charge in [0.1, 0.15) is 0 Å². The van der Waals surface area contributed by atoms with E-state index in [1.807, 2.05) is 18.5 Å². The van der Waals surface area contributed by atoms with Crippen LogP contribution >= 0.6 is 0 Å². The summed E-state index contributed by atoms with van der Waals surface area (Å²) in [6.45, 7) is 4.70. The lowest BCUT2D eigenvalue weighted by atomic mass is 9.92. The lowest BCUT2D eigenvalue weighted by Crippen LogP contribution is -2.08. The van der Waals surface area contributed by atoms with E-state index in [-0.39, 0.29) is 0 Å². The van der Waals surface area contributed by atoms with Crippen molar-refractivity contribution in [2.75, 3.05) is 5.73 Å². The zero-order valence-electron chi connectivity index (χ0n) is 10.5. The topological polar surface area (TPSA) is 43.8 Å². The van der Waals surface area contributed by atoms with Crippen molar-refractivity contribution in [1.29, 1.82) is 0 Å². The maximum atomic E-state index is 5.78. The third-order valence-electron chi connectivity index (χ3n) is 3.93. The number of hydrogen-bond donors (Lipinski definition) is 1. The molecule has 0 radical (unpaired) electrons. The van der Waals surface area contributed by atoms with Crippen molar-refractivity contribution in [3.8, 4) is 0 Å². The van der Waals surface area contributed by atoms with E-state index in [2.05, 4.69) is 29.5 Å². The largest absolute Gasteiger partial charge is 0.399 e. The van der Waals surface area contributed by atoms with Gasteiger partial charge in [0.25, 0.3) is 0 Å². The highest BCUT2D eigenvalue weighted by Gasteiger charge is 2.32. The number of aromatic nitrogens is 2. The maximum Gasteiger partial charge on any atom is 0.0960 e. The first-order valence-corrected chi connectivity index (χ1v) is 6.27. The molecular formula is C14H19N3. The Hall–Kier alpha value is -1.51. The second kappa shape index (κ2) is 3.49. The number of fused-ring (bicyclic) bond motifs is 1. The van der Waals surface area contributed by atoms with E-state index in [4.69, 9.17) is 5.73 Å². The third-order valence-corrected chi connectivity index (χ3v) is 3.93. The molecule has 1 heterocycles. The van der Waals surface area contributed by atoms with Crippen molar-refractivity contribution in [1.82, 2.24) is 9.55 Å². The Kier molecular flexibility index (Phi) is 2.18. The van der Waals surface area contributed by atoms with E-state index in [1.165, 1.54) is 24.8 Å². The van der Waals surface area contributed by atoms with Crippen molar-refractivity contribution in [3.05, 3.63) is 24.5 Å². The van der Waals surface area contributed by atoms with Crippen molar-refractivity contribution >= 4 is 16.7 Å². The van der Waals surface area contributed by atoms with Gasteiger partial charge in [-0.3, -0.25) is 0 Å². The van der Waals surface area contributed by atoms with Crippen LogP contribution in [-0.4, -0.2) is 9.55 Å². The summed E-state index contributed by atoms with van der Waals surface area (Å²) in [6.07, 6.45) is 5.76. The summed E-state index contributed by atoms with van der Waals surface area (Å²) in [5, 5.41) is 0. The molecule has 3 rings (SSSR count). The van der Waals surface area contributed by atoms with Crippen molar-refractivity contribution in [3.63, 3.8) is 0 Å². The van der Waals surface area contributed by atoms with Gasteiger partial charge in [0.15, 0.2) is 0 Å². The second-order valence-corrected chi connectivity index (χ2v) is 5.96. The van der Waals surface area contributed by atoms with Crippen molar-refractivity contribution in [2.45, 2.75) is 39.2 Å². The van der Waals surface area contributed by atoms with Crippen molar-refractivity contribution in [2.24, 2.45) is 5.41 Å². The molecule has 1 aromatic heterocycles. The molecule has 0 saturated heterocycles. The van der Waals surface area contributed by atoms with Crippen LogP contribution < -0.4 is 5.73 Å². The zero-order chi connectivity index (χ0) is 12.0. The number of imidazole rings is 1. The molecule has 3 nitrogen and oxygen atoms in total. The van der Waals surface area contributed by atoms with E-state index < -0.39 is 0 Å². The molecule has 17 heavy (non-hydrogen) atoms. The van der Waals surface area contributed by atoms with Crippen LogP contribution in [0.15, 0.2) is 24.5 Å². The first kappa shape index (κ1) is 10.6. The molecule has 1 atom stereocenters. The molecule has 1 fully saturated rings. The van der Waals surface area contributed by atoms with E-state index in [1.54, 1.807) is 0 Å².